The molecule has 1 amide bonds. The third-order valence-corrected chi connectivity index (χ3v) is 4.61. The molecule has 0 spiro atoms. The van der Waals surface area contributed by atoms with Crippen molar-refractivity contribution >= 4 is 17.7 Å². The van der Waals surface area contributed by atoms with Crippen LogP contribution in [0.5, 0.6) is 0 Å². The number of nitrogens with zero attached hydrogens (tertiary/aromatic N) is 2. The molecule has 3 rings (SSSR count). The second-order valence-corrected chi connectivity index (χ2v) is 7.42. The predicted molar refractivity (Wildman–Crippen MR) is 82.9 cm³/mol. The summed E-state index contributed by atoms with van der Waals surface area (Å²) in [5.41, 5.74) is 0.374. The van der Waals surface area contributed by atoms with Gasteiger partial charge in [-0.15, -0.1) is 0 Å². The summed E-state index contributed by atoms with van der Waals surface area (Å²) < 4.78 is 5.49. The average Bonchev–Trinajstić information content (AvgIpc) is 2.94. The molecule has 6 heteroatoms. The van der Waals surface area contributed by atoms with E-state index in [-0.39, 0.29) is 24.1 Å². The summed E-state index contributed by atoms with van der Waals surface area (Å²) in [5, 5.41) is 11.0. The number of aromatic nitrogens is 1. The Morgan fingerprint density at radius 2 is 2.05 bits per heavy atom. The molecule has 0 radical (unpaired) electrons. The number of halogens is 1. The van der Waals surface area contributed by atoms with Crippen LogP contribution in [0.25, 0.3) is 0 Å². The summed E-state index contributed by atoms with van der Waals surface area (Å²) in [4.78, 5) is 18.3. The van der Waals surface area contributed by atoms with E-state index < -0.39 is 11.7 Å². The zero-order chi connectivity index (χ0) is 16.1. The van der Waals surface area contributed by atoms with Gasteiger partial charge in [0.05, 0.1) is 12.1 Å². The molecule has 1 aromatic rings. The third-order valence-electron chi connectivity index (χ3n) is 4.39. The van der Waals surface area contributed by atoms with Gasteiger partial charge in [-0.05, 0) is 45.2 Å². The largest absolute Gasteiger partial charge is 0.444 e. The summed E-state index contributed by atoms with van der Waals surface area (Å²) in [6, 6.07) is 3.36. The third kappa shape index (κ3) is 2.68. The van der Waals surface area contributed by atoms with Crippen molar-refractivity contribution in [3.05, 3.63) is 29.0 Å². The maximum absolute atomic E-state index is 12.5. The van der Waals surface area contributed by atoms with Crippen LogP contribution in [0.2, 0.25) is 5.15 Å². The summed E-state index contributed by atoms with van der Waals surface area (Å²) >= 11 is 5.83. The van der Waals surface area contributed by atoms with E-state index in [1.54, 1.807) is 17.2 Å². The molecule has 1 N–H and O–H groups in total. The van der Waals surface area contributed by atoms with E-state index in [0.717, 1.165) is 18.4 Å². The molecule has 2 aliphatic heterocycles. The van der Waals surface area contributed by atoms with E-state index in [0.29, 0.717) is 5.15 Å². The fraction of sp³-hybridized carbons (Fsp3) is 0.625. The Bertz CT molecular complexity index is 570. The first-order valence-corrected chi connectivity index (χ1v) is 7.96. The topological polar surface area (TPSA) is 62.7 Å². The minimum absolute atomic E-state index is 0.0437. The van der Waals surface area contributed by atoms with Gasteiger partial charge in [-0.2, -0.15) is 0 Å². The number of carbonyl (C=O) groups excluding carboxylic acids is 1. The van der Waals surface area contributed by atoms with Crippen LogP contribution in [-0.4, -0.2) is 44.9 Å². The highest BCUT2D eigenvalue weighted by Gasteiger charge is 2.56. The van der Waals surface area contributed by atoms with Gasteiger partial charge in [0.1, 0.15) is 10.8 Å². The molecule has 0 aromatic carbocycles. The molecule has 2 saturated heterocycles. The second-order valence-electron chi connectivity index (χ2n) is 7.03. The summed E-state index contributed by atoms with van der Waals surface area (Å²) in [6.07, 6.45) is 2.43. The maximum Gasteiger partial charge on any atom is 0.410 e. The summed E-state index contributed by atoms with van der Waals surface area (Å²) in [5.74, 6) is -0.129. The van der Waals surface area contributed by atoms with Gasteiger partial charge < -0.3 is 9.84 Å². The first-order chi connectivity index (χ1) is 10.3. The van der Waals surface area contributed by atoms with Gasteiger partial charge in [0.25, 0.3) is 0 Å². The molecule has 22 heavy (non-hydrogen) atoms. The monoisotopic (exact) mass is 324 g/mol. The number of hydrogen-bond acceptors (Lipinski definition) is 4. The van der Waals surface area contributed by atoms with Gasteiger partial charge in [0, 0.05) is 18.2 Å². The minimum atomic E-state index is -0.589. The molecule has 120 valence electrons. The smallest absolute Gasteiger partial charge is 0.410 e. The number of fused-ring (bicyclic) bond motifs is 2. The zero-order valence-corrected chi connectivity index (χ0v) is 13.7. The Balaban J connectivity index is 1.84. The number of pyridine rings is 1. The van der Waals surface area contributed by atoms with E-state index in [9.17, 15) is 9.90 Å². The lowest BCUT2D eigenvalue weighted by Crippen LogP contribution is -2.41. The number of rotatable bonds is 1. The molecule has 0 saturated carbocycles. The standard InChI is InChI=1S/C16H21ClN2O3/c1-16(2,3)22-15(21)19-10-5-6-11(19)14(20)13(10)9-4-7-12(17)18-8-9/h4,7-8,10-11,13-14,20H,5-6H2,1-3H3/t10-,11+,13+,14-/m1/s1. The van der Waals surface area contributed by atoms with Gasteiger partial charge in [-0.25, -0.2) is 9.78 Å². The molecule has 2 aliphatic rings. The molecule has 4 atom stereocenters. The highest BCUT2D eigenvalue weighted by atomic mass is 35.5. The van der Waals surface area contributed by atoms with E-state index in [4.69, 9.17) is 16.3 Å². The zero-order valence-electron chi connectivity index (χ0n) is 13.0. The molecule has 5 nitrogen and oxygen atoms in total. The Hall–Kier alpha value is -1.33. The van der Waals surface area contributed by atoms with Gasteiger partial charge in [-0.1, -0.05) is 17.7 Å². The van der Waals surface area contributed by atoms with Gasteiger partial charge in [0.2, 0.25) is 0 Å². The van der Waals surface area contributed by atoms with Crippen molar-refractivity contribution in [2.75, 3.05) is 0 Å². The highest BCUT2D eigenvalue weighted by Crippen LogP contribution is 2.47. The lowest BCUT2D eigenvalue weighted by atomic mass is 9.82. The minimum Gasteiger partial charge on any atom is -0.444 e. The first kappa shape index (κ1) is 15.6. The number of amides is 1. The van der Waals surface area contributed by atoms with Crippen molar-refractivity contribution in [3.63, 3.8) is 0 Å². The maximum atomic E-state index is 12.5. The quantitative estimate of drug-likeness (QED) is 0.807. The number of hydrogen-bond donors (Lipinski definition) is 1. The Labute approximate surface area is 135 Å². The van der Waals surface area contributed by atoms with Crippen LogP contribution < -0.4 is 0 Å². The van der Waals surface area contributed by atoms with Crippen molar-refractivity contribution in [3.8, 4) is 0 Å². The van der Waals surface area contributed by atoms with E-state index in [1.165, 1.54) is 0 Å². The fourth-order valence-corrected chi connectivity index (χ4v) is 3.72. The molecular formula is C16H21ClN2O3. The van der Waals surface area contributed by atoms with Gasteiger partial charge in [0.15, 0.2) is 0 Å². The number of ether oxygens (including phenoxy) is 1. The number of aliphatic hydroxyl groups is 1. The van der Waals surface area contributed by atoms with Crippen molar-refractivity contribution < 1.29 is 14.6 Å². The Kier molecular flexibility index (Phi) is 3.81. The van der Waals surface area contributed by atoms with E-state index in [1.807, 2.05) is 26.8 Å². The number of carbonyl (C=O) groups is 1. The molecule has 3 heterocycles. The van der Waals surface area contributed by atoms with Gasteiger partial charge in [-0.3, -0.25) is 4.90 Å². The van der Waals surface area contributed by atoms with Crippen molar-refractivity contribution in [1.82, 2.24) is 9.88 Å². The SMILES string of the molecule is CC(C)(C)OC(=O)N1[C@@H]2CC[C@H]1[C@@H](O)[C@H]2c1ccc(Cl)nc1. The first-order valence-electron chi connectivity index (χ1n) is 7.59. The molecule has 1 aromatic heterocycles. The fourth-order valence-electron chi connectivity index (χ4n) is 3.61. The second kappa shape index (κ2) is 5.39. The van der Waals surface area contributed by atoms with Crippen LogP contribution in [0.1, 0.15) is 45.1 Å². The lowest BCUT2D eigenvalue weighted by molar-refractivity contribution is 0.0170. The molecule has 0 aliphatic carbocycles. The van der Waals surface area contributed by atoms with Gasteiger partial charge >= 0.3 is 6.09 Å². The van der Waals surface area contributed by atoms with Crippen LogP contribution in [0.3, 0.4) is 0 Å². The van der Waals surface area contributed by atoms with Crippen LogP contribution >= 0.6 is 11.6 Å². The molecule has 2 fully saturated rings. The molecule has 0 unspecified atom stereocenters. The van der Waals surface area contributed by atoms with Crippen molar-refractivity contribution in [2.45, 2.75) is 63.3 Å². The summed E-state index contributed by atoms with van der Waals surface area (Å²) in [6.45, 7) is 5.54. The van der Waals surface area contributed by atoms with Crippen molar-refractivity contribution in [2.24, 2.45) is 0 Å². The van der Waals surface area contributed by atoms with E-state index >= 15 is 0 Å². The summed E-state index contributed by atoms with van der Waals surface area (Å²) in [7, 11) is 0. The van der Waals surface area contributed by atoms with Crippen LogP contribution in [0, 0.1) is 0 Å². The Morgan fingerprint density at radius 3 is 2.64 bits per heavy atom. The van der Waals surface area contributed by atoms with Crippen LogP contribution in [0.15, 0.2) is 18.3 Å². The Morgan fingerprint density at radius 1 is 1.36 bits per heavy atom. The van der Waals surface area contributed by atoms with E-state index in [2.05, 4.69) is 4.98 Å². The van der Waals surface area contributed by atoms with Crippen molar-refractivity contribution in [1.29, 1.82) is 0 Å². The van der Waals surface area contributed by atoms with Crippen LogP contribution in [-0.2, 0) is 4.74 Å². The highest BCUT2D eigenvalue weighted by molar-refractivity contribution is 6.29. The average molecular weight is 325 g/mol. The van der Waals surface area contributed by atoms with Crippen LogP contribution in [0.4, 0.5) is 4.79 Å². The predicted octanol–water partition coefficient (Wildman–Crippen LogP) is 2.96. The molecular weight excluding hydrogens is 304 g/mol. The lowest BCUT2D eigenvalue weighted by Gasteiger charge is -2.28. The molecule has 2 bridgehead atoms. The normalized spacial score (nSPS) is 30.7. The number of aliphatic hydroxyl groups excluding tert-OH is 1.